The molecule has 0 unspecified atom stereocenters. The Hall–Kier alpha value is -2.82. The summed E-state index contributed by atoms with van der Waals surface area (Å²) in [5.41, 5.74) is 2.07. The second kappa shape index (κ2) is 5.18. The summed E-state index contributed by atoms with van der Waals surface area (Å²) < 4.78 is 11.5. The second-order valence-corrected chi connectivity index (χ2v) is 4.94. The normalized spacial score (nSPS) is 10.9. The molecule has 3 rings (SSSR count). The van der Waals surface area contributed by atoms with Crippen LogP contribution in [-0.4, -0.2) is 30.7 Å². The Morgan fingerprint density at radius 2 is 1.59 bits per heavy atom. The van der Waals surface area contributed by atoms with Gasteiger partial charge >= 0.3 is 11.9 Å². The molecule has 22 heavy (non-hydrogen) atoms. The number of ether oxygens (including phenoxy) is 2. The fourth-order valence-corrected chi connectivity index (χ4v) is 2.86. The van der Waals surface area contributed by atoms with E-state index < -0.39 is 11.9 Å². The van der Waals surface area contributed by atoms with Crippen molar-refractivity contribution in [1.29, 1.82) is 0 Å². The molecule has 0 spiro atoms. The number of nitrogens with zero attached hydrogens (tertiary/aromatic N) is 1. The molecule has 0 saturated carbocycles. The minimum atomic E-state index is -0.562. The van der Waals surface area contributed by atoms with E-state index in [1.807, 2.05) is 41.9 Å². The molecule has 0 aliphatic rings. The summed E-state index contributed by atoms with van der Waals surface area (Å²) in [4.78, 5) is 24.2. The van der Waals surface area contributed by atoms with E-state index in [2.05, 4.69) is 0 Å². The number of aryl methyl sites for hydroxylation is 1. The first-order chi connectivity index (χ1) is 10.6. The van der Waals surface area contributed by atoms with Gasteiger partial charge in [-0.3, -0.25) is 0 Å². The zero-order chi connectivity index (χ0) is 15.9. The van der Waals surface area contributed by atoms with Gasteiger partial charge in [0.25, 0.3) is 0 Å². The number of para-hydroxylation sites is 1. The first-order valence-corrected chi connectivity index (χ1v) is 6.77. The van der Waals surface area contributed by atoms with Crippen molar-refractivity contribution >= 4 is 33.7 Å². The summed E-state index contributed by atoms with van der Waals surface area (Å²) >= 11 is 0. The average Bonchev–Trinajstić information content (AvgIpc) is 2.86. The van der Waals surface area contributed by atoms with Gasteiger partial charge in [-0.2, -0.15) is 0 Å². The van der Waals surface area contributed by atoms with Crippen LogP contribution < -0.4 is 0 Å². The van der Waals surface area contributed by atoms with Crippen LogP contribution in [0.3, 0.4) is 0 Å². The maximum Gasteiger partial charge on any atom is 0.340 e. The van der Waals surface area contributed by atoms with Gasteiger partial charge in [-0.25, -0.2) is 9.59 Å². The van der Waals surface area contributed by atoms with Crippen molar-refractivity contribution in [2.24, 2.45) is 7.05 Å². The maximum absolute atomic E-state index is 12.3. The van der Waals surface area contributed by atoms with Gasteiger partial charge in [0.1, 0.15) is 0 Å². The molecule has 0 saturated heterocycles. The first kappa shape index (κ1) is 14.1. The van der Waals surface area contributed by atoms with Crippen LogP contribution in [0, 0.1) is 0 Å². The van der Waals surface area contributed by atoms with Gasteiger partial charge < -0.3 is 14.0 Å². The lowest BCUT2D eigenvalue weighted by Gasteiger charge is -2.09. The Labute approximate surface area is 127 Å². The SMILES string of the molecule is COC(=O)c1ccc2c3ccccc3n(C)[13c]2c1C(=O)OC. The van der Waals surface area contributed by atoms with Crippen LogP contribution in [0.1, 0.15) is 20.7 Å². The summed E-state index contributed by atoms with van der Waals surface area (Å²) in [6.45, 7) is 0. The van der Waals surface area contributed by atoms with Crippen molar-refractivity contribution in [2.75, 3.05) is 14.2 Å². The van der Waals surface area contributed by atoms with E-state index in [-0.39, 0.29) is 11.1 Å². The molecule has 112 valence electrons. The highest BCUT2D eigenvalue weighted by molar-refractivity contribution is 6.18. The Bertz CT molecular complexity index is 908. The third-order valence-electron chi connectivity index (χ3n) is 3.86. The van der Waals surface area contributed by atoms with Crippen LogP contribution in [0.25, 0.3) is 21.8 Å². The number of hydrogen-bond donors (Lipinski definition) is 0. The van der Waals surface area contributed by atoms with Crippen molar-refractivity contribution in [1.82, 2.24) is 4.57 Å². The van der Waals surface area contributed by atoms with Crippen LogP contribution in [0.15, 0.2) is 36.4 Å². The number of fused-ring (bicyclic) bond motifs is 3. The highest BCUT2D eigenvalue weighted by atomic mass is 16.5. The molecule has 1 heterocycles. The average molecular weight is 298 g/mol. The van der Waals surface area contributed by atoms with Gasteiger partial charge in [0.05, 0.1) is 30.9 Å². The number of methoxy groups -OCH3 is 2. The van der Waals surface area contributed by atoms with Crippen LogP contribution in [-0.2, 0) is 16.5 Å². The second-order valence-electron chi connectivity index (χ2n) is 4.94. The maximum atomic E-state index is 12.3. The van der Waals surface area contributed by atoms with Crippen LogP contribution >= 0.6 is 0 Å². The quantitative estimate of drug-likeness (QED) is 0.683. The highest BCUT2D eigenvalue weighted by Gasteiger charge is 2.24. The van der Waals surface area contributed by atoms with Crippen molar-refractivity contribution in [3.05, 3.63) is 47.5 Å². The molecule has 5 heteroatoms. The fraction of sp³-hybridized carbons (Fsp3) is 0.176. The molecule has 1 aromatic heterocycles. The van der Waals surface area contributed by atoms with Crippen molar-refractivity contribution in [3.63, 3.8) is 0 Å². The lowest BCUT2D eigenvalue weighted by Crippen LogP contribution is -2.13. The predicted octanol–water partition coefficient (Wildman–Crippen LogP) is 2.90. The Morgan fingerprint density at radius 3 is 2.27 bits per heavy atom. The zero-order valence-corrected chi connectivity index (χ0v) is 12.5. The molecule has 5 nitrogen and oxygen atoms in total. The monoisotopic (exact) mass is 298 g/mol. The molecular formula is C17H15NO4. The molecule has 0 radical (unpaired) electrons. The Balaban J connectivity index is 2.51. The van der Waals surface area contributed by atoms with Gasteiger partial charge in [-0.05, 0) is 12.1 Å². The predicted molar refractivity (Wildman–Crippen MR) is 83.1 cm³/mol. The number of rotatable bonds is 2. The molecule has 0 bridgehead atoms. The van der Waals surface area contributed by atoms with Crippen LogP contribution in [0.4, 0.5) is 0 Å². The lowest BCUT2D eigenvalue weighted by molar-refractivity contribution is 0.0557. The van der Waals surface area contributed by atoms with Gasteiger partial charge in [0.2, 0.25) is 0 Å². The van der Waals surface area contributed by atoms with E-state index in [9.17, 15) is 9.59 Å². The summed E-state index contributed by atoms with van der Waals surface area (Å²) in [7, 11) is 4.44. The highest BCUT2D eigenvalue weighted by Crippen LogP contribution is 2.32. The number of aromatic nitrogens is 1. The summed E-state index contributed by atoms with van der Waals surface area (Å²) in [5.74, 6) is -1.12. The summed E-state index contributed by atoms with van der Waals surface area (Å²) in [6.07, 6.45) is 0. The molecule has 3 aromatic rings. The topological polar surface area (TPSA) is 57.5 Å². The minimum Gasteiger partial charge on any atom is -0.465 e. The van der Waals surface area contributed by atoms with Gasteiger partial charge in [-0.1, -0.05) is 24.3 Å². The minimum absolute atomic E-state index is 0.202. The van der Waals surface area contributed by atoms with E-state index in [1.165, 1.54) is 14.2 Å². The third kappa shape index (κ3) is 1.86. The molecule has 2 aromatic carbocycles. The fourth-order valence-electron chi connectivity index (χ4n) is 2.86. The lowest BCUT2D eigenvalue weighted by atomic mass is 10.1. The van der Waals surface area contributed by atoms with Gasteiger partial charge in [0, 0.05) is 23.3 Å². The number of esters is 2. The zero-order valence-electron chi connectivity index (χ0n) is 12.5. The molecular weight excluding hydrogens is 283 g/mol. The first-order valence-electron chi connectivity index (χ1n) is 6.77. The van der Waals surface area contributed by atoms with Crippen molar-refractivity contribution < 1.29 is 19.1 Å². The van der Waals surface area contributed by atoms with Crippen LogP contribution in [0.5, 0.6) is 0 Å². The van der Waals surface area contributed by atoms with E-state index >= 15 is 0 Å². The molecule has 0 atom stereocenters. The third-order valence-corrected chi connectivity index (χ3v) is 3.86. The van der Waals surface area contributed by atoms with Gasteiger partial charge in [0.15, 0.2) is 0 Å². The number of hydrogen-bond acceptors (Lipinski definition) is 4. The van der Waals surface area contributed by atoms with E-state index in [0.717, 1.165) is 16.3 Å². The number of carbonyl (C=O) groups is 2. The van der Waals surface area contributed by atoms with E-state index in [4.69, 9.17) is 9.47 Å². The van der Waals surface area contributed by atoms with Crippen molar-refractivity contribution in [3.8, 4) is 0 Å². The standard InChI is InChI=1S/C17H15NO4/c1-18-13-7-5-4-6-10(13)11-8-9-12(16(19)21-2)14(15(11)18)17(20)22-3/h4-9H,1-3H3/i15+1. The number of benzene rings is 2. The Kier molecular flexibility index (Phi) is 3.33. The molecule has 0 amide bonds. The smallest absolute Gasteiger partial charge is 0.340 e. The molecule has 0 fully saturated rings. The largest absolute Gasteiger partial charge is 0.465 e. The van der Waals surface area contributed by atoms with Crippen LogP contribution in [0.2, 0.25) is 0 Å². The molecule has 0 aliphatic heterocycles. The number of carbonyl (C=O) groups excluding carboxylic acids is 2. The van der Waals surface area contributed by atoms with E-state index in [0.29, 0.717) is 5.52 Å². The molecule has 0 aliphatic carbocycles. The summed E-state index contributed by atoms with van der Waals surface area (Å²) in [5, 5.41) is 1.91. The van der Waals surface area contributed by atoms with Crippen molar-refractivity contribution in [2.45, 2.75) is 0 Å². The van der Waals surface area contributed by atoms with E-state index in [1.54, 1.807) is 6.07 Å². The molecule has 0 N–H and O–H groups in total. The summed E-state index contributed by atoms with van der Waals surface area (Å²) in [6, 6.07) is 11.3. The Morgan fingerprint density at radius 1 is 0.909 bits per heavy atom. The van der Waals surface area contributed by atoms with Gasteiger partial charge in [-0.15, -0.1) is 0 Å².